The molecule has 0 aliphatic rings. The van der Waals surface area contributed by atoms with E-state index >= 15 is 0 Å². The molecule has 1 aromatic carbocycles. The van der Waals surface area contributed by atoms with Crippen LogP contribution in [0.2, 0.25) is 0 Å². The summed E-state index contributed by atoms with van der Waals surface area (Å²) in [4.78, 5) is 43.4. The zero-order chi connectivity index (χ0) is 32.1. The SMILES string of the molecule is COCC(c1ccccn1)N(C)Cc1ccc(-c2nc(CN)cc(=O)[nH]2)cc1.O=C(O)C(F)(F)F.O=C(O)C(F)(F)F. The number of halogens is 6. The lowest BCUT2D eigenvalue weighted by molar-refractivity contribution is -0.193. The van der Waals surface area contributed by atoms with Crippen LogP contribution in [0.4, 0.5) is 26.3 Å². The molecule has 0 spiro atoms. The second-order valence-electron chi connectivity index (χ2n) is 8.23. The van der Waals surface area contributed by atoms with Gasteiger partial charge in [0.1, 0.15) is 5.82 Å². The monoisotopic (exact) mass is 607 g/mol. The highest BCUT2D eigenvalue weighted by Crippen LogP contribution is 2.21. The number of alkyl halides is 6. The number of likely N-dealkylation sites (N-methyl/N-ethyl adjacent to an activating group) is 1. The van der Waals surface area contributed by atoms with Crippen molar-refractivity contribution in [1.29, 1.82) is 0 Å². The molecule has 0 fully saturated rings. The van der Waals surface area contributed by atoms with Crippen LogP contribution in [0.15, 0.2) is 59.5 Å². The molecule has 3 aromatic rings. The smallest absolute Gasteiger partial charge is 0.475 e. The molecule has 0 saturated carbocycles. The van der Waals surface area contributed by atoms with Gasteiger partial charge in [-0.1, -0.05) is 30.3 Å². The van der Waals surface area contributed by atoms with Gasteiger partial charge in [-0.25, -0.2) is 14.6 Å². The van der Waals surface area contributed by atoms with Crippen LogP contribution < -0.4 is 11.3 Å². The summed E-state index contributed by atoms with van der Waals surface area (Å²) >= 11 is 0. The van der Waals surface area contributed by atoms with E-state index in [9.17, 15) is 31.1 Å². The van der Waals surface area contributed by atoms with Crippen LogP contribution in [-0.2, 0) is 27.4 Å². The first kappa shape index (κ1) is 35.7. The minimum atomic E-state index is -5.08. The molecule has 17 heteroatoms. The number of aliphatic carboxylic acids is 2. The highest BCUT2D eigenvalue weighted by Gasteiger charge is 2.38. The molecule has 5 N–H and O–H groups in total. The van der Waals surface area contributed by atoms with Crippen molar-refractivity contribution in [2.75, 3.05) is 20.8 Å². The largest absolute Gasteiger partial charge is 0.490 e. The number of nitrogens with zero attached hydrogens (tertiary/aromatic N) is 3. The standard InChI is InChI=1S/C21H25N5O2.2C2HF3O2/c1-26(19(14-28-2)18-5-3-4-10-23-18)13-15-6-8-16(9-7-15)21-24-17(12-22)11-20(27)25-21;2*3-2(4,5)1(6)7/h3-11,19H,12-14,22H2,1-2H3,(H,24,25,27);2*(H,6,7). The number of methoxy groups -OCH3 is 1. The van der Waals surface area contributed by atoms with Gasteiger partial charge in [-0.15, -0.1) is 0 Å². The van der Waals surface area contributed by atoms with Crippen LogP contribution in [0.1, 0.15) is 23.0 Å². The lowest BCUT2D eigenvalue weighted by Crippen LogP contribution is -2.28. The maximum Gasteiger partial charge on any atom is 0.490 e. The number of benzene rings is 1. The predicted octanol–water partition coefficient (Wildman–Crippen LogP) is 3.38. The van der Waals surface area contributed by atoms with Gasteiger partial charge in [0.2, 0.25) is 0 Å². The van der Waals surface area contributed by atoms with Crippen LogP contribution in [0.25, 0.3) is 11.4 Å². The molecule has 0 aliphatic carbocycles. The molecule has 1 atom stereocenters. The van der Waals surface area contributed by atoms with Gasteiger partial charge in [-0.05, 0) is 24.7 Å². The first-order valence-electron chi connectivity index (χ1n) is 11.6. The quantitative estimate of drug-likeness (QED) is 0.278. The van der Waals surface area contributed by atoms with E-state index in [0.717, 1.165) is 23.4 Å². The number of ether oxygens (including phenoxy) is 1. The lowest BCUT2D eigenvalue weighted by atomic mass is 10.1. The fourth-order valence-electron chi connectivity index (χ4n) is 3.08. The summed E-state index contributed by atoms with van der Waals surface area (Å²) in [6.07, 6.45) is -8.37. The van der Waals surface area contributed by atoms with Gasteiger partial charge in [0.25, 0.3) is 5.56 Å². The number of hydrogen-bond donors (Lipinski definition) is 4. The molecule has 2 aromatic heterocycles. The molecule has 42 heavy (non-hydrogen) atoms. The summed E-state index contributed by atoms with van der Waals surface area (Å²) in [5.74, 6) is -4.99. The first-order valence-corrected chi connectivity index (χ1v) is 11.6. The van der Waals surface area contributed by atoms with Crippen molar-refractivity contribution in [1.82, 2.24) is 19.9 Å². The van der Waals surface area contributed by atoms with E-state index in [1.165, 1.54) is 6.07 Å². The third kappa shape index (κ3) is 12.4. The second kappa shape index (κ2) is 16.2. The van der Waals surface area contributed by atoms with E-state index in [4.69, 9.17) is 30.3 Å². The summed E-state index contributed by atoms with van der Waals surface area (Å²) in [5, 5.41) is 14.2. The number of aromatic nitrogens is 3. The Bertz CT molecular complexity index is 1310. The van der Waals surface area contributed by atoms with Crippen molar-refractivity contribution in [2.24, 2.45) is 5.73 Å². The Morgan fingerprint density at radius 1 is 1.02 bits per heavy atom. The van der Waals surface area contributed by atoms with Gasteiger partial charge in [-0.3, -0.25) is 14.7 Å². The molecular weight excluding hydrogens is 580 g/mol. The molecule has 3 rings (SSSR count). The van der Waals surface area contributed by atoms with E-state index in [2.05, 4.69) is 26.9 Å². The van der Waals surface area contributed by atoms with Crippen LogP contribution >= 0.6 is 0 Å². The fourth-order valence-corrected chi connectivity index (χ4v) is 3.08. The van der Waals surface area contributed by atoms with Gasteiger partial charge in [0, 0.05) is 38.0 Å². The van der Waals surface area contributed by atoms with Gasteiger partial charge in [0.05, 0.1) is 24.0 Å². The Kier molecular flexibility index (Phi) is 13.7. The van der Waals surface area contributed by atoms with E-state index in [0.29, 0.717) is 18.1 Å². The Morgan fingerprint density at radius 2 is 1.57 bits per heavy atom. The summed E-state index contributed by atoms with van der Waals surface area (Å²) in [7, 11) is 3.75. The van der Waals surface area contributed by atoms with Crippen LogP contribution in [0.5, 0.6) is 0 Å². The molecule has 0 aliphatic heterocycles. The third-order valence-electron chi connectivity index (χ3n) is 5.03. The summed E-state index contributed by atoms with van der Waals surface area (Å²) < 4.78 is 68.9. The number of carbonyl (C=O) groups is 2. The van der Waals surface area contributed by atoms with E-state index in [-0.39, 0.29) is 18.1 Å². The fraction of sp³-hybridized carbons (Fsp3) is 0.320. The molecule has 0 bridgehead atoms. The Balaban J connectivity index is 0.000000522. The second-order valence-corrected chi connectivity index (χ2v) is 8.23. The predicted molar refractivity (Wildman–Crippen MR) is 136 cm³/mol. The van der Waals surface area contributed by atoms with Gasteiger partial charge in [0.15, 0.2) is 0 Å². The van der Waals surface area contributed by atoms with Gasteiger partial charge < -0.3 is 25.7 Å². The topological polar surface area (TPSA) is 172 Å². The third-order valence-corrected chi connectivity index (χ3v) is 5.03. The molecule has 0 radical (unpaired) electrons. The average Bonchev–Trinajstić information content (AvgIpc) is 2.91. The Morgan fingerprint density at radius 3 is 2.00 bits per heavy atom. The van der Waals surface area contributed by atoms with Crippen molar-refractivity contribution in [3.05, 3.63) is 82.0 Å². The molecular formula is C25H27F6N5O6. The Hall–Kier alpha value is -4.35. The lowest BCUT2D eigenvalue weighted by Gasteiger charge is -2.27. The number of aromatic amines is 1. The highest BCUT2D eigenvalue weighted by atomic mass is 19.4. The molecule has 0 amide bonds. The maximum absolute atomic E-state index is 11.8. The van der Waals surface area contributed by atoms with Gasteiger partial charge >= 0.3 is 24.3 Å². The molecule has 1 unspecified atom stereocenters. The number of carboxylic acids is 2. The minimum Gasteiger partial charge on any atom is -0.475 e. The first-order chi connectivity index (χ1) is 19.5. The van der Waals surface area contributed by atoms with Crippen LogP contribution in [0, 0.1) is 0 Å². The summed E-state index contributed by atoms with van der Waals surface area (Å²) in [5.41, 5.74) is 8.94. The van der Waals surface area contributed by atoms with E-state index < -0.39 is 24.3 Å². The van der Waals surface area contributed by atoms with Crippen LogP contribution in [-0.4, -0.2) is 75.1 Å². The number of hydrogen-bond acceptors (Lipinski definition) is 8. The summed E-state index contributed by atoms with van der Waals surface area (Å²) in [6, 6.07) is 15.3. The number of carboxylic acid groups (broad SMARTS) is 2. The normalized spacial score (nSPS) is 12.0. The maximum atomic E-state index is 11.8. The number of nitrogens with one attached hydrogen (secondary N) is 1. The molecule has 2 heterocycles. The number of rotatable bonds is 8. The highest BCUT2D eigenvalue weighted by molar-refractivity contribution is 5.73. The summed E-state index contributed by atoms with van der Waals surface area (Å²) in [6.45, 7) is 1.52. The number of pyridine rings is 1. The van der Waals surface area contributed by atoms with Crippen molar-refractivity contribution < 1.29 is 50.9 Å². The number of H-pyrrole nitrogens is 1. The van der Waals surface area contributed by atoms with E-state index in [1.807, 2.05) is 42.5 Å². The average molecular weight is 608 g/mol. The van der Waals surface area contributed by atoms with Crippen molar-refractivity contribution in [3.8, 4) is 11.4 Å². The number of nitrogens with two attached hydrogens (primary N) is 1. The Labute approximate surface area is 234 Å². The molecule has 0 saturated heterocycles. The van der Waals surface area contributed by atoms with Gasteiger partial charge in [-0.2, -0.15) is 26.3 Å². The van der Waals surface area contributed by atoms with E-state index in [1.54, 1.807) is 13.3 Å². The zero-order valence-electron chi connectivity index (χ0n) is 22.1. The van der Waals surface area contributed by atoms with Crippen LogP contribution in [0.3, 0.4) is 0 Å². The molecule has 11 nitrogen and oxygen atoms in total. The minimum absolute atomic E-state index is 0.0603. The molecule has 230 valence electrons. The van der Waals surface area contributed by atoms with Crippen molar-refractivity contribution in [2.45, 2.75) is 31.5 Å². The van der Waals surface area contributed by atoms with Crippen molar-refractivity contribution in [3.63, 3.8) is 0 Å². The zero-order valence-corrected chi connectivity index (χ0v) is 22.1. The van der Waals surface area contributed by atoms with Crippen molar-refractivity contribution >= 4 is 11.9 Å².